The molecule has 324 valence electrons. The van der Waals surface area contributed by atoms with Crippen LogP contribution in [0.1, 0.15) is 143 Å². The summed E-state index contributed by atoms with van der Waals surface area (Å²) in [4.78, 5) is 64.7. The average molecular weight is 837 g/mol. The van der Waals surface area contributed by atoms with Crippen molar-refractivity contribution in [3.05, 3.63) is 48.6 Å². The standard InChI is InChI=1S/C40H70O14P2/c1-4-5-6-7-8-9-10-11-12-13-17-20-23-27-36(41)28-25-30-39(43)50-33-38(34-53-56(48,49)52-32-37(42)31-51-55(45,46)47)54-40(44)29-24-21-18-15-14-16-19-22-26-35(2)3/h8-9,11-12,17,20,23,27,35,37-38,42H,4-7,10,13-16,18-19,21-22,24-26,28-34H2,1-3H3,(H,48,49)(H2,45,46,47)/b9-8-,12-11-,20-17-,27-23+/t37-,38+/m0/s1. The number of ether oxygens (including phenoxy) is 2. The second-order valence-electron chi connectivity index (χ2n) is 14.1. The molecule has 0 saturated heterocycles. The van der Waals surface area contributed by atoms with Gasteiger partial charge in [-0.1, -0.05) is 128 Å². The maximum Gasteiger partial charge on any atom is 0.472 e. The number of unbranched alkanes of at least 4 members (excludes halogenated alkanes) is 10. The molecule has 0 radical (unpaired) electrons. The van der Waals surface area contributed by atoms with Gasteiger partial charge in [0.25, 0.3) is 0 Å². The van der Waals surface area contributed by atoms with Gasteiger partial charge in [0, 0.05) is 19.3 Å². The molecular weight excluding hydrogens is 766 g/mol. The highest BCUT2D eigenvalue weighted by Gasteiger charge is 2.28. The molecule has 0 spiro atoms. The first kappa shape index (κ1) is 53.8. The van der Waals surface area contributed by atoms with Crippen LogP contribution in [0.4, 0.5) is 0 Å². The summed E-state index contributed by atoms with van der Waals surface area (Å²) in [6, 6.07) is 0. The number of ketones is 1. The minimum Gasteiger partial charge on any atom is -0.462 e. The van der Waals surface area contributed by atoms with E-state index in [0.29, 0.717) is 6.42 Å². The van der Waals surface area contributed by atoms with Crippen LogP contribution in [0.5, 0.6) is 0 Å². The largest absolute Gasteiger partial charge is 0.472 e. The van der Waals surface area contributed by atoms with Gasteiger partial charge in [-0.3, -0.25) is 28.0 Å². The Bertz CT molecular complexity index is 1260. The Morgan fingerprint density at radius 3 is 1.88 bits per heavy atom. The molecule has 4 N–H and O–H groups in total. The molecule has 16 heteroatoms. The number of phosphoric acid groups is 2. The van der Waals surface area contributed by atoms with Crippen molar-refractivity contribution in [3.8, 4) is 0 Å². The fraction of sp³-hybridized carbons (Fsp3) is 0.725. The Balaban J connectivity index is 4.75. The van der Waals surface area contributed by atoms with Crippen molar-refractivity contribution >= 4 is 33.4 Å². The highest BCUT2D eigenvalue weighted by atomic mass is 31.2. The monoisotopic (exact) mass is 836 g/mol. The predicted molar refractivity (Wildman–Crippen MR) is 216 cm³/mol. The number of aliphatic hydroxyl groups is 1. The summed E-state index contributed by atoms with van der Waals surface area (Å²) >= 11 is 0. The zero-order chi connectivity index (χ0) is 41.9. The van der Waals surface area contributed by atoms with E-state index in [-0.39, 0.29) is 31.5 Å². The average Bonchev–Trinajstić information content (AvgIpc) is 3.13. The van der Waals surface area contributed by atoms with Gasteiger partial charge in [0.1, 0.15) is 12.7 Å². The molecule has 0 aliphatic heterocycles. The van der Waals surface area contributed by atoms with E-state index in [9.17, 15) is 33.5 Å². The van der Waals surface area contributed by atoms with Gasteiger partial charge in [-0.15, -0.1) is 0 Å². The van der Waals surface area contributed by atoms with E-state index in [4.69, 9.17) is 23.8 Å². The van der Waals surface area contributed by atoms with Crippen molar-refractivity contribution in [3.63, 3.8) is 0 Å². The molecule has 56 heavy (non-hydrogen) atoms. The van der Waals surface area contributed by atoms with Gasteiger partial charge in [-0.2, -0.15) is 0 Å². The van der Waals surface area contributed by atoms with Crippen molar-refractivity contribution in [1.29, 1.82) is 0 Å². The molecule has 0 bridgehead atoms. The Labute approximate surface area is 335 Å². The highest BCUT2D eigenvalue weighted by Crippen LogP contribution is 2.43. The summed E-state index contributed by atoms with van der Waals surface area (Å²) in [6.07, 6.45) is 28.6. The molecule has 0 amide bonds. The second-order valence-corrected chi connectivity index (χ2v) is 16.8. The maximum atomic E-state index is 12.6. The molecule has 3 atom stereocenters. The van der Waals surface area contributed by atoms with Crippen LogP contribution in [-0.2, 0) is 46.6 Å². The summed E-state index contributed by atoms with van der Waals surface area (Å²) in [7, 11) is -9.74. The number of hydrogen-bond donors (Lipinski definition) is 4. The topological polar surface area (TPSA) is 212 Å². The first-order chi connectivity index (χ1) is 26.6. The summed E-state index contributed by atoms with van der Waals surface area (Å²) in [5, 5.41) is 9.71. The third-order valence-corrected chi connectivity index (χ3v) is 9.55. The molecule has 0 aliphatic rings. The first-order valence-electron chi connectivity index (χ1n) is 20.1. The number of carbonyl (C=O) groups excluding carboxylic acids is 3. The second kappa shape index (κ2) is 34.8. The van der Waals surface area contributed by atoms with Crippen LogP contribution in [0.25, 0.3) is 0 Å². The highest BCUT2D eigenvalue weighted by molar-refractivity contribution is 7.47. The number of carbonyl (C=O) groups is 3. The van der Waals surface area contributed by atoms with Crippen molar-refractivity contribution < 1.29 is 66.3 Å². The van der Waals surface area contributed by atoms with Crippen LogP contribution in [-0.4, -0.2) is 76.1 Å². The quantitative estimate of drug-likeness (QED) is 0.0115. The zero-order valence-corrected chi connectivity index (χ0v) is 35.7. The van der Waals surface area contributed by atoms with Crippen molar-refractivity contribution in [2.75, 3.05) is 26.4 Å². The van der Waals surface area contributed by atoms with Crippen molar-refractivity contribution in [1.82, 2.24) is 0 Å². The van der Waals surface area contributed by atoms with E-state index in [1.54, 1.807) is 12.2 Å². The molecule has 0 aromatic carbocycles. The molecule has 0 aromatic rings. The smallest absolute Gasteiger partial charge is 0.462 e. The normalized spacial score (nSPS) is 14.6. The summed E-state index contributed by atoms with van der Waals surface area (Å²) in [5.74, 6) is -0.733. The third kappa shape index (κ3) is 38.6. The van der Waals surface area contributed by atoms with Gasteiger partial charge in [-0.25, -0.2) is 9.13 Å². The fourth-order valence-corrected chi connectivity index (χ4v) is 6.17. The third-order valence-electron chi connectivity index (χ3n) is 8.11. The number of esters is 2. The molecule has 0 saturated carbocycles. The van der Waals surface area contributed by atoms with Crippen LogP contribution < -0.4 is 0 Å². The van der Waals surface area contributed by atoms with E-state index < -0.39 is 66.2 Å². The summed E-state index contributed by atoms with van der Waals surface area (Å²) < 4.78 is 47.4. The van der Waals surface area contributed by atoms with Crippen LogP contribution in [0.2, 0.25) is 0 Å². The number of allylic oxidation sites excluding steroid dienone is 8. The van der Waals surface area contributed by atoms with Gasteiger partial charge in [0.15, 0.2) is 11.9 Å². The van der Waals surface area contributed by atoms with E-state index in [1.165, 1.54) is 51.0 Å². The van der Waals surface area contributed by atoms with Crippen LogP contribution in [0.3, 0.4) is 0 Å². The van der Waals surface area contributed by atoms with Gasteiger partial charge in [-0.05, 0) is 50.5 Å². The van der Waals surface area contributed by atoms with Crippen LogP contribution >= 0.6 is 15.6 Å². The number of aliphatic hydroxyl groups excluding tert-OH is 1. The Morgan fingerprint density at radius 2 is 1.21 bits per heavy atom. The predicted octanol–water partition coefficient (Wildman–Crippen LogP) is 8.93. The number of hydrogen-bond acceptors (Lipinski definition) is 11. The molecule has 0 rings (SSSR count). The van der Waals surface area contributed by atoms with Crippen LogP contribution in [0.15, 0.2) is 48.6 Å². The lowest BCUT2D eigenvalue weighted by Gasteiger charge is -2.20. The minimum atomic E-state index is -4.88. The molecule has 0 aromatic heterocycles. The van der Waals surface area contributed by atoms with Crippen LogP contribution in [0, 0.1) is 5.92 Å². The molecule has 0 aliphatic carbocycles. The van der Waals surface area contributed by atoms with E-state index in [2.05, 4.69) is 54.1 Å². The van der Waals surface area contributed by atoms with Gasteiger partial charge < -0.3 is 29.3 Å². The van der Waals surface area contributed by atoms with E-state index >= 15 is 0 Å². The molecular formula is C40H70O14P2. The lowest BCUT2D eigenvalue weighted by molar-refractivity contribution is -0.161. The summed E-state index contributed by atoms with van der Waals surface area (Å²) in [6.45, 7) is 3.68. The Morgan fingerprint density at radius 1 is 0.625 bits per heavy atom. The molecule has 14 nitrogen and oxygen atoms in total. The molecule has 0 heterocycles. The van der Waals surface area contributed by atoms with Crippen molar-refractivity contribution in [2.24, 2.45) is 5.92 Å². The SMILES string of the molecule is CCCCC/C=C\C/C=C\C/C=C\C=C\C(=O)CCCC(=O)OC[C@H](COP(=O)(O)OC[C@@H](O)COP(=O)(O)O)OC(=O)CCCCCCCCCCC(C)C. The Hall–Kier alpha value is -2.25. The van der Waals surface area contributed by atoms with Gasteiger partial charge in [0.2, 0.25) is 0 Å². The van der Waals surface area contributed by atoms with E-state index in [0.717, 1.165) is 50.9 Å². The minimum absolute atomic E-state index is 0.0796. The lowest BCUT2D eigenvalue weighted by Crippen LogP contribution is -2.30. The maximum absolute atomic E-state index is 12.6. The molecule has 0 fully saturated rings. The Kier molecular flexibility index (Phi) is 33.4. The lowest BCUT2D eigenvalue weighted by atomic mass is 10.0. The number of rotatable bonds is 37. The zero-order valence-electron chi connectivity index (χ0n) is 33.9. The fourth-order valence-electron chi connectivity index (χ4n) is 5.01. The van der Waals surface area contributed by atoms with Gasteiger partial charge in [0.05, 0.1) is 19.8 Å². The van der Waals surface area contributed by atoms with Gasteiger partial charge >= 0.3 is 27.6 Å². The van der Waals surface area contributed by atoms with Crippen molar-refractivity contribution in [2.45, 2.75) is 155 Å². The summed E-state index contributed by atoms with van der Waals surface area (Å²) in [5.41, 5.74) is 0. The first-order valence-corrected chi connectivity index (χ1v) is 23.2. The van der Waals surface area contributed by atoms with E-state index in [1.807, 2.05) is 6.08 Å². The molecule has 1 unspecified atom stereocenters. The number of phosphoric ester groups is 2.